The first-order chi connectivity index (χ1) is 10.3. The lowest BCUT2D eigenvalue weighted by Gasteiger charge is -2.29. The van der Waals surface area contributed by atoms with Crippen LogP contribution in [0.4, 0.5) is 0 Å². The number of unbranched alkanes of at least 4 members (excludes halogenated alkanes) is 1. The molecule has 1 saturated carbocycles. The second-order valence-corrected chi connectivity index (χ2v) is 7.74. The quantitative estimate of drug-likeness (QED) is 0.610. The Hall–Kier alpha value is -0.780. The molecule has 0 radical (unpaired) electrons. The fourth-order valence-electron chi connectivity index (χ4n) is 4.44. The zero-order chi connectivity index (χ0) is 14.7. The molecule has 1 aromatic rings. The summed E-state index contributed by atoms with van der Waals surface area (Å²) < 4.78 is 0. The van der Waals surface area contributed by atoms with E-state index in [1.807, 2.05) is 0 Å². The molecule has 21 heavy (non-hydrogen) atoms. The van der Waals surface area contributed by atoms with Gasteiger partial charge in [0, 0.05) is 0 Å². The highest BCUT2D eigenvalue weighted by molar-refractivity contribution is 5.36. The van der Waals surface area contributed by atoms with E-state index in [1.54, 1.807) is 16.7 Å². The molecule has 0 nitrogen and oxygen atoms in total. The van der Waals surface area contributed by atoms with Crippen LogP contribution in [0.15, 0.2) is 18.2 Å². The molecule has 0 N–H and O–H groups in total. The average molecular weight is 284 g/mol. The third kappa shape index (κ3) is 3.71. The Kier molecular flexibility index (Phi) is 5.03. The van der Waals surface area contributed by atoms with E-state index in [1.165, 1.54) is 64.2 Å². The highest BCUT2D eigenvalue weighted by Gasteiger charge is 2.22. The molecule has 0 spiro atoms. The van der Waals surface area contributed by atoms with E-state index < -0.39 is 0 Å². The highest BCUT2D eigenvalue weighted by atomic mass is 14.3. The second-order valence-electron chi connectivity index (χ2n) is 7.74. The van der Waals surface area contributed by atoms with Gasteiger partial charge in [0.2, 0.25) is 0 Å². The van der Waals surface area contributed by atoms with Gasteiger partial charge in [0.15, 0.2) is 0 Å². The van der Waals surface area contributed by atoms with Gasteiger partial charge in [-0.3, -0.25) is 0 Å². The summed E-state index contributed by atoms with van der Waals surface area (Å²) in [6.07, 6.45) is 14.0. The van der Waals surface area contributed by atoms with E-state index in [0.29, 0.717) is 0 Å². The number of fused-ring (bicyclic) bond motifs is 1. The number of rotatable bonds is 4. The Labute approximate surface area is 131 Å². The van der Waals surface area contributed by atoms with Crippen molar-refractivity contribution in [3.8, 4) is 0 Å². The van der Waals surface area contributed by atoms with Gasteiger partial charge in [-0.1, -0.05) is 64.2 Å². The minimum Gasteiger partial charge on any atom is -0.0654 e. The lowest BCUT2D eigenvalue weighted by atomic mass is 9.76. The fourth-order valence-corrected chi connectivity index (χ4v) is 4.44. The van der Waals surface area contributed by atoms with Crippen LogP contribution < -0.4 is 0 Å². The molecule has 3 rings (SSSR count). The Morgan fingerprint density at radius 1 is 1.00 bits per heavy atom. The Balaban J connectivity index is 1.66. The molecule has 2 aliphatic carbocycles. The van der Waals surface area contributed by atoms with Crippen molar-refractivity contribution in [1.29, 1.82) is 0 Å². The maximum atomic E-state index is 2.58. The van der Waals surface area contributed by atoms with E-state index >= 15 is 0 Å². The van der Waals surface area contributed by atoms with Crippen LogP contribution in [-0.4, -0.2) is 0 Å². The summed E-state index contributed by atoms with van der Waals surface area (Å²) in [5.74, 6) is 2.77. The van der Waals surface area contributed by atoms with Crippen LogP contribution in [0, 0.1) is 11.8 Å². The predicted octanol–water partition coefficient (Wildman–Crippen LogP) is 6.28. The molecule has 2 aliphatic rings. The summed E-state index contributed by atoms with van der Waals surface area (Å²) >= 11 is 0. The van der Waals surface area contributed by atoms with Gasteiger partial charge in [0.1, 0.15) is 0 Å². The second kappa shape index (κ2) is 6.99. The third-order valence-corrected chi connectivity index (χ3v) is 6.01. The fraction of sp³-hybridized carbons (Fsp3) is 0.714. The summed E-state index contributed by atoms with van der Waals surface area (Å²) in [6.45, 7) is 4.73. The lowest BCUT2D eigenvalue weighted by Crippen LogP contribution is -2.16. The summed E-state index contributed by atoms with van der Waals surface area (Å²) in [4.78, 5) is 0. The van der Waals surface area contributed by atoms with E-state index in [9.17, 15) is 0 Å². The molecule has 0 saturated heterocycles. The summed E-state index contributed by atoms with van der Waals surface area (Å²) in [6, 6.07) is 7.51. The van der Waals surface area contributed by atoms with Crippen LogP contribution in [0.3, 0.4) is 0 Å². The number of aryl methyl sites for hydroxylation is 1. The lowest BCUT2D eigenvalue weighted by molar-refractivity contribution is 0.347. The van der Waals surface area contributed by atoms with Gasteiger partial charge in [-0.2, -0.15) is 0 Å². The predicted molar refractivity (Wildman–Crippen MR) is 91.9 cm³/mol. The molecule has 1 unspecified atom stereocenters. The summed E-state index contributed by atoms with van der Waals surface area (Å²) in [5.41, 5.74) is 4.99. The van der Waals surface area contributed by atoms with Crippen LogP contribution in [0.1, 0.15) is 87.8 Å². The first-order valence-electron chi connectivity index (χ1n) is 9.38. The van der Waals surface area contributed by atoms with E-state index in [-0.39, 0.29) is 0 Å². The molecule has 0 heteroatoms. The SMILES string of the molecule is CCCCC1CCc2cc([C@H]3CC[C@H](C)CC3)ccc2C1. The Bertz CT molecular complexity index is 451. The van der Waals surface area contributed by atoms with Crippen molar-refractivity contribution >= 4 is 0 Å². The molecule has 116 valence electrons. The van der Waals surface area contributed by atoms with Gasteiger partial charge in [0.05, 0.1) is 0 Å². The first-order valence-corrected chi connectivity index (χ1v) is 9.38. The normalized spacial score (nSPS) is 29.1. The summed E-state index contributed by atoms with van der Waals surface area (Å²) in [7, 11) is 0. The topological polar surface area (TPSA) is 0 Å². The van der Waals surface area contributed by atoms with Gasteiger partial charge in [-0.15, -0.1) is 0 Å². The number of benzene rings is 1. The smallest absolute Gasteiger partial charge is 0.0162 e. The van der Waals surface area contributed by atoms with Crippen LogP contribution in [0.5, 0.6) is 0 Å². The third-order valence-electron chi connectivity index (χ3n) is 6.01. The van der Waals surface area contributed by atoms with Crippen LogP contribution >= 0.6 is 0 Å². The van der Waals surface area contributed by atoms with E-state index in [0.717, 1.165) is 17.8 Å². The van der Waals surface area contributed by atoms with Gasteiger partial charge in [-0.25, -0.2) is 0 Å². The molecule has 0 heterocycles. The van der Waals surface area contributed by atoms with Crippen molar-refractivity contribution in [1.82, 2.24) is 0 Å². The standard InChI is InChI=1S/C21H32/c1-3-4-5-17-8-11-21-15-20(13-12-19(21)14-17)18-9-6-16(2)7-10-18/h12-13,15-18H,3-11,14H2,1-2H3/t16-,17?,18-. The molecule has 1 atom stereocenters. The van der Waals surface area contributed by atoms with Crippen LogP contribution in [-0.2, 0) is 12.8 Å². The van der Waals surface area contributed by atoms with E-state index in [4.69, 9.17) is 0 Å². The zero-order valence-corrected chi connectivity index (χ0v) is 14.0. The molecular formula is C21H32. The molecule has 0 aliphatic heterocycles. The van der Waals surface area contributed by atoms with Crippen molar-refractivity contribution in [2.75, 3.05) is 0 Å². The number of hydrogen-bond acceptors (Lipinski definition) is 0. The summed E-state index contributed by atoms with van der Waals surface area (Å²) in [5, 5.41) is 0. The van der Waals surface area contributed by atoms with E-state index in [2.05, 4.69) is 32.0 Å². The molecule has 0 amide bonds. The monoisotopic (exact) mass is 284 g/mol. The van der Waals surface area contributed by atoms with Crippen molar-refractivity contribution < 1.29 is 0 Å². The maximum absolute atomic E-state index is 2.58. The molecule has 0 aromatic heterocycles. The van der Waals surface area contributed by atoms with Crippen molar-refractivity contribution in [2.24, 2.45) is 11.8 Å². The van der Waals surface area contributed by atoms with Crippen molar-refractivity contribution in [2.45, 2.75) is 84.0 Å². The first kappa shape index (κ1) is 15.1. The van der Waals surface area contributed by atoms with Crippen LogP contribution in [0.2, 0.25) is 0 Å². The average Bonchev–Trinajstić information content (AvgIpc) is 2.53. The molecule has 1 aromatic carbocycles. The van der Waals surface area contributed by atoms with Crippen LogP contribution in [0.25, 0.3) is 0 Å². The zero-order valence-electron chi connectivity index (χ0n) is 14.0. The molecule has 1 fully saturated rings. The minimum absolute atomic E-state index is 0.851. The minimum atomic E-state index is 0.851. The maximum Gasteiger partial charge on any atom is -0.0162 e. The Morgan fingerprint density at radius 3 is 2.57 bits per heavy atom. The van der Waals surface area contributed by atoms with Crippen molar-refractivity contribution in [3.05, 3.63) is 34.9 Å². The Morgan fingerprint density at radius 2 is 1.81 bits per heavy atom. The van der Waals surface area contributed by atoms with Gasteiger partial charge in [-0.05, 0) is 66.5 Å². The highest BCUT2D eigenvalue weighted by Crippen LogP contribution is 2.37. The van der Waals surface area contributed by atoms with Gasteiger partial charge in [0.25, 0.3) is 0 Å². The van der Waals surface area contributed by atoms with Gasteiger partial charge >= 0.3 is 0 Å². The largest absolute Gasteiger partial charge is 0.0654 e. The van der Waals surface area contributed by atoms with Gasteiger partial charge < -0.3 is 0 Å². The van der Waals surface area contributed by atoms with Crippen molar-refractivity contribution in [3.63, 3.8) is 0 Å². The molecule has 0 bridgehead atoms. The molecular weight excluding hydrogens is 252 g/mol. The number of hydrogen-bond donors (Lipinski definition) is 0.